The van der Waals surface area contributed by atoms with E-state index in [2.05, 4.69) is 13.2 Å². The van der Waals surface area contributed by atoms with Crippen molar-refractivity contribution in [2.24, 2.45) is 0 Å². The standard InChI is InChI=1S/C12H16O.C9H10O/c1-5-10-6-8-11(9-7-10)13-12(2,3)4;1-3-8-4-6-9(10-2)7-5-8/h5-9H,1H2,2-4H3;3-7H,1H2,2H3. The van der Waals surface area contributed by atoms with Crippen LogP contribution in [0.4, 0.5) is 0 Å². The van der Waals surface area contributed by atoms with Gasteiger partial charge in [-0.15, -0.1) is 0 Å². The quantitative estimate of drug-likeness (QED) is 0.705. The molecule has 0 aliphatic rings. The van der Waals surface area contributed by atoms with Gasteiger partial charge in [0.1, 0.15) is 17.1 Å². The van der Waals surface area contributed by atoms with Crippen LogP contribution in [-0.2, 0) is 0 Å². The number of ether oxygens (including phenoxy) is 2. The van der Waals surface area contributed by atoms with Gasteiger partial charge in [-0.2, -0.15) is 0 Å². The van der Waals surface area contributed by atoms with Crippen molar-refractivity contribution in [3.8, 4) is 11.5 Å². The van der Waals surface area contributed by atoms with E-state index in [-0.39, 0.29) is 5.60 Å². The Balaban J connectivity index is 0.000000238. The van der Waals surface area contributed by atoms with Crippen molar-refractivity contribution in [1.29, 1.82) is 0 Å². The highest BCUT2D eigenvalue weighted by molar-refractivity contribution is 5.48. The SMILES string of the molecule is C=Cc1ccc(OC(C)(C)C)cc1.C=Cc1ccc(OC)cc1. The van der Waals surface area contributed by atoms with E-state index < -0.39 is 0 Å². The summed E-state index contributed by atoms with van der Waals surface area (Å²) in [7, 11) is 1.66. The van der Waals surface area contributed by atoms with Crippen LogP contribution in [0.3, 0.4) is 0 Å². The molecular formula is C21H26O2. The molecule has 122 valence electrons. The van der Waals surface area contributed by atoms with E-state index in [4.69, 9.17) is 9.47 Å². The molecule has 0 aliphatic carbocycles. The van der Waals surface area contributed by atoms with Crippen LogP contribution in [0.1, 0.15) is 31.9 Å². The van der Waals surface area contributed by atoms with Crippen molar-refractivity contribution in [2.75, 3.05) is 7.11 Å². The van der Waals surface area contributed by atoms with Crippen LogP contribution >= 0.6 is 0 Å². The van der Waals surface area contributed by atoms with Crippen LogP contribution in [0, 0.1) is 0 Å². The summed E-state index contributed by atoms with van der Waals surface area (Å²) in [5, 5.41) is 0. The Hall–Kier alpha value is -2.48. The summed E-state index contributed by atoms with van der Waals surface area (Å²) in [6, 6.07) is 15.7. The third-order valence-corrected chi connectivity index (χ3v) is 2.89. The maximum absolute atomic E-state index is 5.67. The Morgan fingerprint density at radius 2 is 1.13 bits per heavy atom. The van der Waals surface area contributed by atoms with Crippen LogP contribution in [0.25, 0.3) is 12.2 Å². The van der Waals surface area contributed by atoms with E-state index in [1.165, 1.54) is 0 Å². The molecule has 2 rings (SSSR count). The minimum atomic E-state index is -0.129. The summed E-state index contributed by atoms with van der Waals surface area (Å²) in [6.07, 6.45) is 3.63. The van der Waals surface area contributed by atoms with Gasteiger partial charge in [0.25, 0.3) is 0 Å². The van der Waals surface area contributed by atoms with Crippen LogP contribution in [0.2, 0.25) is 0 Å². The van der Waals surface area contributed by atoms with Crippen LogP contribution in [-0.4, -0.2) is 12.7 Å². The van der Waals surface area contributed by atoms with E-state index in [0.717, 1.165) is 22.6 Å². The van der Waals surface area contributed by atoms with Crippen LogP contribution in [0.5, 0.6) is 11.5 Å². The maximum Gasteiger partial charge on any atom is 0.120 e. The number of rotatable bonds is 4. The largest absolute Gasteiger partial charge is 0.497 e. The molecule has 0 radical (unpaired) electrons. The molecule has 0 amide bonds. The zero-order valence-electron chi connectivity index (χ0n) is 14.5. The van der Waals surface area contributed by atoms with Gasteiger partial charge in [0.15, 0.2) is 0 Å². The molecule has 2 aromatic rings. The van der Waals surface area contributed by atoms with Gasteiger partial charge >= 0.3 is 0 Å². The van der Waals surface area contributed by atoms with Crippen molar-refractivity contribution in [2.45, 2.75) is 26.4 Å². The minimum absolute atomic E-state index is 0.129. The Bertz CT molecular complexity index is 602. The van der Waals surface area contributed by atoms with Gasteiger partial charge in [0, 0.05) is 0 Å². The molecule has 0 atom stereocenters. The molecule has 23 heavy (non-hydrogen) atoms. The highest BCUT2D eigenvalue weighted by Gasteiger charge is 2.10. The zero-order valence-corrected chi connectivity index (χ0v) is 14.5. The summed E-state index contributed by atoms with van der Waals surface area (Å²) in [6.45, 7) is 13.4. The molecule has 0 aromatic heterocycles. The first-order valence-electron chi connectivity index (χ1n) is 7.56. The van der Waals surface area contributed by atoms with E-state index >= 15 is 0 Å². The van der Waals surface area contributed by atoms with Crippen LogP contribution < -0.4 is 9.47 Å². The fraction of sp³-hybridized carbons (Fsp3) is 0.238. The summed E-state index contributed by atoms with van der Waals surface area (Å²) >= 11 is 0. The lowest BCUT2D eigenvalue weighted by atomic mass is 10.2. The number of benzene rings is 2. The maximum atomic E-state index is 5.67. The molecule has 0 bridgehead atoms. The van der Waals surface area contributed by atoms with E-state index in [0.29, 0.717) is 0 Å². The lowest BCUT2D eigenvalue weighted by Gasteiger charge is -2.21. The Labute approximate surface area is 140 Å². The van der Waals surface area contributed by atoms with Crippen LogP contribution in [0.15, 0.2) is 61.7 Å². The normalized spacial score (nSPS) is 10.1. The first-order chi connectivity index (χ1) is 10.9. The lowest BCUT2D eigenvalue weighted by molar-refractivity contribution is 0.131. The molecule has 0 fully saturated rings. The second-order valence-corrected chi connectivity index (χ2v) is 5.96. The van der Waals surface area contributed by atoms with Crippen molar-refractivity contribution in [3.05, 3.63) is 72.8 Å². The molecule has 0 saturated heterocycles. The van der Waals surface area contributed by atoms with Gasteiger partial charge in [-0.25, -0.2) is 0 Å². The number of hydrogen-bond acceptors (Lipinski definition) is 2. The van der Waals surface area contributed by atoms with Crippen molar-refractivity contribution >= 4 is 12.2 Å². The third-order valence-electron chi connectivity index (χ3n) is 2.89. The summed E-state index contributed by atoms with van der Waals surface area (Å²) in [5.41, 5.74) is 2.09. The van der Waals surface area contributed by atoms with Crippen molar-refractivity contribution in [1.82, 2.24) is 0 Å². The van der Waals surface area contributed by atoms with Gasteiger partial charge in [-0.3, -0.25) is 0 Å². The van der Waals surface area contributed by atoms with Gasteiger partial charge in [0.05, 0.1) is 7.11 Å². The first kappa shape index (κ1) is 18.6. The monoisotopic (exact) mass is 310 g/mol. The second-order valence-electron chi connectivity index (χ2n) is 5.96. The molecule has 0 saturated carbocycles. The predicted octanol–water partition coefficient (Wildman–Crippen LogP) is 5.85. The minimum Gasteiger partial charge on any atom is -0.497 e. The Kier molecular flexibility index (Phi) is 7.14. The van der Waals surface area contributed by atoms with Gasteiger partial charge in [-0.05, 0) is 56.2 Å². The predicted molar refractivity (Wildman–Crippen MR) is 100.0 cm³/mol. The molecule has 2 aromatic carbocycles. The smallest absolute Gasteiger partial charge is 0.120 e. The molecule has 0 unspecified atom stereocenters. The molecule has 0 heterocycles. The Morgan fingerprint density at radius 1 is 0.739 bits per heavy atom. The third kappa shape index (κ3) is 7.37. The summed E-state index contributed by atoms with van der Waals surface area (Å²) in [5.74, 6) is 1.78. The van der Waals surface area contributed by atoms with E-state index in [9.17, 15) is 0 Å². The lowest BCUT2D eigenvalue weighted by Crippen LogP contribution is -2.22. The molecule has 0 spiro atoms. The Morgan fingerprint density at radius 3 is 1.43 bits per heavy atom. The fourth-order valence-corrected chi connectivity index (χ4v) is 1.77. The van der Waals surface area contributed by atoms with E-state index in [1.54, 1.807) is 13.2 Å². The fourth-order valence-electron chi connectivity index (χ4n) is 1.77. The van der Waals surface area contributed by atoms with E-state index in [1.807, 2.05) is 75.4 Å². The summed E-state index contributed by atoms with van der Waals surface area (Å²) < 4.78 is 10.6. The first-order valence-corrected chi connectivity index (χ1v) is 7.56. The average molecular weight is 310 g/mol. The molecule has 2 heteroatoms. The topological polar surface area (TPSA) is 18.5 Å². The number of methoxy groups -OCH3 is 1. The van der Waals surface area contributed by atoms with Crippen molar-refractivity contribution < 1.29 is 9.47 Å². The zero-order chi connectivity index (χ0) is 17.3. The molecule has 0 N–H and O–H groups in total. The molecule has 2 nitrogen and oxygen atoms in total. The molecule has 0 aliphatic heterocycles. The van der Waals surface area contributed by atoms with Gasteiger partial charge < -0.3 is 9.47 Å². The average Bonchev–Trinajstić information content (AvgIpc) is 2.55. The molecular weight excluding hydrogens is 284 g/mol. The summed E-state index contributed by atoms with van der Waals surface area (Å²) in [4.78, 5) is 0. The second kappa shape index (κ2) is 8.84. The highest BCUT2D eigenvalue weighted by atomic mass is 16.5. The highest BCUT2D eigenvalue weighted by Crippen LogP contribution is 2.18. The van der Waals surface area contributed by atoms with Crippen molar-refractivity contribution in [3.63, 3.8) is 0 Å². The number of hydrogen-bond donors (Lipinski definition) is 0. The van der Waals surface area contributed by atoms with Gasteiger partial charge in [-0.1, -0.05) is 49.6 Å². The van der Waals surface area contributed by atoms with Gasteiger partial charge in [0.2, 0.25) is 0 Å².